The molecule has 0 saturated heterocycles. The van der Waals surface area contributed by atoms with Crippen LogP contribution in [-0.2, 0) is 9.53 Å². The maximum atomic E-state index is 12.7. The van der Waals surface area contributed by atoms with E-state index < -0.39 is 12.5 Å². The number of benzene rings is 1. The molecule has 2 saturated carbocycles. The highest BCUT2D eigenvalue weighted by molar-refractivity contribution is 6.31. The molecule has 11 heteroatoms. The van der Waals surface area contributed by atoms with Gasteiger partial charge in [0.15, 0.2) is 5.58 Å². The number of ether oxygens (including phenoxy) is 1. The number of carbonyl (C=O) groups is 1. The Morgan fingerprint density at radius 3 is 2.70 bits per heavy atom. The number of nitrogens with one attached hydrogen (secondary N) is 1. The third-order valence-corrected chi connectivity index (χ3v) is 6.74. The van der Waals surface area contributed by atoms with Gasteiger partial charge in [0, 0.05) is 29.1 Å². The van der Waals surface area contributed by atoms with Crippen LogP contribution in [0.15, 0.2) is 35.1 Å². The first-order chi connectivity index (χ1) is 15.7. The van der Waals surface area contributed by atoms with Gasteiger partial charge in [0.25, 0.3) is 0 Å². The van der Waals surface area contributed by atoms with Crippen molar-refractivity contribution in [1.82, 2.24) is 14.5 Å². The minimum absolute atomic E-state index is 0.00749. The molecule has 0 atom stereocenters. The van der Waals surface area contributed by atoms with Crippen LogP contribution in [0.5, 0.6) is 0 Å². The van der Waals surface area contributed by atoms with Crippen molar-refractivity contribution in [1.29, 1.82) is 0 Å². The number of oxazole rings is 1. The SMILES string of the molecule is O=C(Nc1nc2cc(Cl)ccc2o1)C1CCC(n2cnc(C3CC(OC(F)(F)F)C3)c2)CC1. The molecular weight excluding hydrogens is 461 g/mol. The summed E-state index contributed by atoms with van der Waals surface area (Å²) in [6.07, 6.45) is 1.97. The number of imidazole rings is 1. The molecule has 2 aliphatic rings. The zero-order valence-electron chi connectivity index (χ0n) is 17.5. The third-order valence-electron chi connectivity index (χ3n) is 6.50. The summed E-state index contributed by atoms with van der Waals surface area (Å²) >= 11 is 5.96. The van der Waals surface area contributed by atoms with Gasteiger partial charge in [-0.25, -0.2) is 4.98 Å². The van der Waals surface area contributed by atoms with E-state index in [4.69, 9.17) is 16.0 Å². The predicted molar refractivity (Wildman–Crippen MR) is 114 cm³/mol. The molecule has 1 aromatic carbocycles. The van der Waals surface area contributed by atoms with Gasteiger partial charge >= 0.3 is 12.4 Å². The van der Waals surface area contributed by atoms with E-state index >= 15 is 0 Å². The number of amides is 1. The maximum absolute atomic E-state index is 12.7. The van der Waals surface area contributed by atoms with Crippen LogP contribution in [0.2, 0.25) is 5.02 Å². The molecule has 0 aliphatic heterocycles. The molecule has 2 heterocycles. The Morgan fingerprint density at radius 1 is 1.21 bits per heavy atom. The monoisotopic (exact) mass is 482 g/mol. The van der Waals surface area contributed by atoms with Crippen LogP contribution in [0.1, 0.15) is 56.2 Å². The van der Waals surface area contributed by atoms with E-state index in [0.717, 1.165) is 18.5 Å². The molecule has 7 nitrogen and oxygen atoms in total. The van der Waals surface area contributed by atoms with Crippen molar-refractivity contribution in [3.8, 4) is 0 Å². The molecular formula is C22H22ClF3N4O3. The summed E-state index contributed by atoms with van der Waals surface area (Å²) in [5.41, 5.74) is 1.94. The average Bonchev–Trinajstić information content (AvgIpc) is 3.36. The van der Waals surface area contributed by atoms with E-state index in [1.54, 1.807) is 24.5 Å². The second-order valence-electron chi connectivity index (χ2n) is 8.73. The lowest BCUT2D eigenvalue weighted by atomic mass is 9.80. The summed E-state index contributed by atoms with van der Waals surface area (Å²) < 4.78 is 48.5. The van der Waals surface area contributed by atoms with E-state index in [-0.39, 0.29) is 29.8 Å². The minimum Gasteiger partial charge on any atom is -0.423 e. The summed E-state index contributed by atoms with van der Waals surface area (Å²) in [6.45, 7) is 0. The second kappa shape index (κ2) is 8.64. The summed E-state index contributed by atoms with van der Waals surface area (Å²) in [5.74, 6) is -0.274. The molecule has 2 aromatic heterocycles. The van der Waals surface area contributed by atoms with Crippen molar-refractivity contribution in [2.45, 2.75) is 63.0 Å². The molecule has 176 valence electrons. The van der Waals surface area contributed by atoms with Crippen molar-refractivity contribution in [3.05, 3.63) is 41.4 Å². The molecule has 0 bridgehead atoms. The number of rotatable bonds is 5. The van der Waals surface area contributed by atoms with Crippen LogP contribution >= 0.6 is 11.6 Å². The molecule has 1 amide bonds. The first-order valence-electron chi connectivity index (χ1n) is 10.9. The highest BCUT2D eigenvalue weighted by Gasteiger charge is 2.41. The summed E-state index contributed by atoms with van der Waals surface area (Å²) in [5, 5.41) is 3.30. The number of alkyl halides is 3. The molecule has 2 fully saturated rings. The van der Waals surface area contributed by atoms with Crippen LogP contribution < -0.4 is 5.32 Å². The van der Waals surface area contributed by atoms with Crippen LogP contribution in [0.25, 0.3) is 11.1 Å². The van der Waals surface area contributed by atoms with E-state index in [1.165, 1.54) is 0 Å². The third kappa shape index (κ3) is 5.01. The number of hydrogen-bond donors (Lipinski definition) is 1. The maximum Gasteiger partial charge on any atom is 0.522 e. The number of hydrogen-bond acceptors (Lipinski definition) is 5. The summed E-state index contributed by atoms with van der Waals surface area (Å²) in [7, 11) is 0. The van der Waals surface area contributed by atoms with Crippen LogP contribution in [0.3, 0.4) is 0 Å². The lowest BCUT2D eigenvalue weighted by molar-refractivity contribution is -0.351. The van der Waals surface area contributed by atoms with Crippen molar-refractivity contribution in [3.63, 3.8) is 0 Å². The largest absolute Gasteiger partial charge is 0.522 e. The number of nitrogens with zero attached hydrogens (tertiary/aromatic N) is 3. The van der Waals surface area contributed by atoms with Crippen LogP contribution in [0, 0.1) is 5.92 Å². The molecule has 3 aromatic rings. The van der Waals surface area contributed by atoms with Crippen molar-refractivity contribution in [2.75, 3.05) is 5.32 Å². The number of carbonyl (C=O) groups excluding carboxylic acids is 1. The van der Waals surface area contributed by atoms with Gasteiger partial charge < -0.3 is 8.98 Å². The average molecular weight is 483 g/mol. The molecule has 0 radical (unpaired) electrons. The number of anilines is 1. The van der Waals surface area contributed by atoms with E-state index in [2.05, 4.69) is 20.0 Å². The molecule has 0 unspecified atom stereocenters. The lowest BCUT2D eigenvalue weighted by Crippen LogP contribution is -2.34. The number of fused-ring (bicyclic) bond motifs is 1. The quantitative estimate of drug-likeness (QED) is 0.494. The molecule has 2 aliphatic carbocycles. The normalized spacial score (nSPS) is 25.7. The van der Waals surface area contributed by atoms with Gasteiger partial charge in [-0.1, -0.05) is 11.6 Å². The topological polar surface area (TPSA) is 82.2 Å². The van der Waals surface area contributed by atoms with E-state index in [1.807, 2.05) is 10.8 Å². The molecule has 33 heavy (non-hydrogen) atoms. The van der Waals surface area contributed by atoms with Gasteiger partial charge in [0.05, 0.1) is 18.1 Å². The Labute approximate surface area is 192 Å². The Hall–Kier alpha value is -2.59. The van der Waals surface area contributed by atoms with Gasteiger partial charge in [-0.3, -0.25) is 14.8 Å². The smallest absolute Gasteiger partial charge is 0.423 e. The summed E-state index contributed by atoms with van der Waals surface area (Å²) in [6, 6.07) is 5.45. The van der Waals surface area contributed by atoms with Crippen LogP contribution in [-0.4, -0.2) is 32.9 Å². The van der Waals surface area contributed by atoms with Gasteiger partial charge in [0.2, 0.25) is 5.91 Å². The van der Waals surface area contributed by atoms with Crippen molar-refractivity contribution >= 4 is 34.6 Å². The second-order valence-corrected chi connectivity index (χ2v) is 9.16. The van der Waals surface area contributed by atoms with Crippen molar-refractivity contribution in [2.24, 2.45) is 5.92 Å². The zero-order valence-corrected chi connectivity index (χ0v) is 18.3. The highest BCUT2D eigenvalue weighted by atomic mass is 35.5. The first kappa shape index (κ1) is 22.2. The Balaban J connectivity index is 1.12. The minimum atomic E-state index is -4.59. The highest BCUT2D eigenvalue weighted by Crippen LogP contribution is 2.41. The first-order valence-corrected chi connectivity index (χ1v) is 11.3. The molecule has 1 N–H and O–H groups in total. The Morgan fingerprint density at radius 2 is 1.97 bits per heavy atom. The number of halogens is 4. The van der Waals surface area contributed by atoms with Gasteiger partial charge in [-0.05, 0) is 56.7 Å². The lowest BCUT2D eigenvalue weighted by Gasteiger charge is -2.34. The van der Waals surface area contributed by atoms with Gasteiger partial charge in [-0.15, -0.1) is 13.2 Å². The Kier molecular flexibility index (Phi) is 5.82. The number of aromatic nitrogens is 3. The predicted octanol–water partition coefficient (Wildman–Crippen LogP) is 5.83. The van der Waals surface area contributed by atoms with Gasteiger partial charge in [-0.2, -0.15) is 4.98 Å². The molecule has 0 spiro atoms. The fraction of sp³-hybridized carbons (Fsp3) is 0.500. The standard InChI is InChI=1S/C22H22ClF3N4O3/c23-14-3-6-19-17(9-14)28-21(32-19)29-20(31)12-1-4-15(5-2-12)30-10-18(27-11-30)13-7-16(8-13)33-22(24,25)26/h3,6,9-13,15-16H,1-2,4-5,7-8H2,(H,28,29,31). The van der Waals surface area contributed by atoms with Crippen LogP contribution in [0.4, 0.5) is 19.2 Å². The Bertz CT molecular complexity index is 1150. The fourth-order valence-electron chi connectivity index (χ4n) is 4.65. The zero-order chi connectivity index (χ0) is 23.2. The van der Waals surface area contributed by atoms with Crippen molar-refractivity contribution < 1.29 is 27.1 Å². The van der Waals surface area contributed by atoms with Gasteiger partial charge in [0.1, 0.15) is 5.52 Å². The fourth-order valence-corrected chi connectivity index (χ4v) is 4.82. The summed E-state index contributed by atoms with van der Waals surface area (Å²) in [4.78, 5) is 21.3. The van der Waals surface area contributed by atoms with E-state index in [0.29, 0.717) is 41.8 Å². The van der Waals surface area contributed by atoms with E-state index in [9.17, 15) is 18.0 Å². The molecule has 5 rings (SSSR count).